The van der Waals surface area contributed by atoms with Crippen LogP contribution in [-0.2, 0) is 0 Å². The summed E-state index contributed by atoms with van der Waals surface area (Å²) >= 11 is 0. The van der Waals surface area contributed by atoms with E-state index in [0.29, 0.717) is 6.04 Å². The lowest BCUT2D eigenvalue weighted by molar-refractivity contribution is 0.241. The lowest BCUT2D eigenvalue weighted by atomic mass is 9.93. The van der Waals surface area contributed by atoms with Crippen LogP contribution in [0.3, 0.4) is 0 Å². The van der Waals surface area contributed by atoms with Crippen LogP contribution < -0.4 is 5.73 Å². The summed E-state index contributed by atoms with van der Waals surface area (Å²) < 4.78 is 1.96. The minimum Gasteiger partial charge on any atom is -0.394 e. The van der Waals surface area contributed by atoms with Crippen LogP contribution in [0, 0.1) is 0 Å². The van der Waals surface area contributed by atoms with Gasteiger partial charge in [-0.25, -0.2) is 0 Å². The van der Waals surface area contributed by atoms with E-state index in [0.717, 1.165) is 5.69 Å². The molecular formula is C9H15N3O. The zero-order valence-electron chi connectivity index (χ0n) is 7.56. The summed E-state index contributed by atoms with van der Waals surface area (Å²) in [7, 11) is 0. The van der Waals surface area contributed by atoms with Crippen molar-refractivity contribution in [3.63, 3.8) is 0 Å². The Balaban J connectivity index is 2.19. The van der Waals surface area contributed by atoms with E-state index in [1.54, 1.807) is 6.20 Å². The molecule has 0 saturated heterocycles. The van der Waals surface area contributed by atoms with Crippen LogP contribution in [0.1, 0.15) is 37.0 Å². The molecule has 0 radical (unpaired) electrons. The van der Waals surface area contributed by atoms with Gasteiger partial charge < -0.3 is 10.8 Å². The summed E-state index contributed by atoms with van der Waals surface area (Å²) in [5.74, 6) is 0. The van der Waals surface area contributed by atoms with E-state index in [-0.39, 0.29) is 12.6 Å². The molecule has 1 aromatic rings. The highest BCUT2D eigenvalue weighted by Crippen LogP contribution is 2.32. The smallest absolute Gasteiger partial charge is 0.0702 e. The Kier molecular flexibility index (Phi) is 2.33. The van der Waals surface area contributed by atoms with Crippen LogP contribution in [0.2, 0.25) is 0 Å². The van der Waals surface area contributed by atoms with Crippen molar-refractivity contribution < 1.29 is 5.11 Å². The number of rotatable bonds is 3. The van der Waals surface area contributed by atoms with Gasteiger partial charge in [-0.15, -0.1) is 0 Å². The van der Waals surface area contributed by atoms with Crippen LogP contribution in [0.5, 0.6) is 0 Å². The molecule has 3 N–H and O–H groups in total. The van der Waals surface area contributed by atoms with Crippen molar-refractivity contribution in [2.75, 3.05) is 6.61 Å². The predicted octanol–water partition coefficient (Wildman–Crippen LogP) is 0.600. The zero-order chi connectivity index (χ0) is 9.26. The standard InChI is InChI=1S/C9H15N3O/c10-8(6-13)9-4-5-11-12(9)7-2-1-3-7/h4-5,7-8,13H,1-3,6,10H2. The molecule has 0 aliphatic heterocycles. The molecule has 1 aromatic heterocycles. The fourth-order valence-electron chi connectivity index (χ4n) is 1.65. The number of aromatic nitrogens is 2. The van der Waals surface area contributed by atoms with Crippen molar-refractivity contribution in [1.29, 1.82) is 0 Å². The summed E-state index contributed by atoms with van der Waals surface area (Å²) in [6, 6.07) is 2.12. The van der Waals surface area contributed by atoms with Gasteiger partial charge in [0.05, 0.1) is 24.4 Å². The van der Waals surface area contributed by atoms with Gasteiger partial charge in [0.15, 0.2) is 0 Å². The molecule has 1 aliphatic rings. The van der Waals surface area contributed by atoms with Crippen LogP contribution in [-0.4, -0.2) is 21.5 Å². The van der Waals surface area contributed by atoms with Gasteiger partial charge in [-0.3, -0.25) is 4.68 Å². The van der Waals surface area contributed by atoms with Gasteiger partial charge in [0, 0.05) is 6.20 Å². The number of hydrogen-bond acceptors (Lipinski definition) is 3. The highest BCUT2D eigenvalue weighted by molar-refractivity contribution is 5.08. The van der Waals surface area contributed by atoms with Crippen molar-refractivity contribution in [2.45, 2.75) is 31.3 Å². The summed E-state index contributed by atoms with van der Waals surface area (Å²) in [5, 5.41) is 13.2. The molecule has 0 aromatic carbocycles. The SMILES string of the molecule is NC(CO)c1ccnn1C1CCC1. The lowest BCUT2D eigenvalue weighted by Crippen LogP contribution is -2.25. The molecule has 1 heterocycles. The van der Waals surface area contributed by atoms with Crippen molar-refractivity contribution in [2.24, 2.45) is 5.73 Å². The minimum absolute atomic E-state index is 0.0155. The highest BCUT2D eigenvalue weighted by Gasteiger charge is 2.23. The highest BCUT2D eigenvalue weighted by atomic mass is 16.3. The second-order valence-electron chi connectivity index (χ2n) is 3.57. The summed E-state index contributed by atoms with van der Waals surface area (Å²) in [6.07, 6.45) is 5.40. The molecule has 1 fully saturated rings. The van der Waals surface area contributed by atoms with Crippen LogP contribution >= 0.6 is 0 Å². The monoisotopic (exact) mass is 181 g/mol. The van der Waals surface area contributed by atoms with Gasteiger partial charge in [0.1, 0.15) is 0 Å². The van der Waals surface area contributed by atoms with E-state index in [1.807, 2.05) is 10.7 Å². The van der Waals surface area contributed by atoms with Gasteiger partial charge in [-0.05, 0) is 25.3 Å². The number of aliphatic hydroxyl groups excluding tert-OH is 1. The third-order valence-corrected chi connectivity index (χ3v) is 2.70. The Morgan fingerprint density at radius 2 is 2.46 bits per heavy atom. The molecule has 1 aliphatic carbocycles. The van der Waals surface area contributed by atoms with Crippen LogP contribution in [0.25, 0.3) is 0 Å². The molecule has 72 valence electrons. The largest absolute Gasteiger partial charge is 0.394 e. The van der Waals surface area contributed by atoms with Crippen molar-refractivity contribution >= 4 is 0 Å². The predicted molar refractivity (Wildman–Crippen MR) is 49.1 cm³/mol. The lowest BCUT2D eigenvalue weighted by Gasteiger charge is -2.28. The van der Waals surface area contributed by atoms with E-state index in [2.05, 4.69) is 5.10 Å². The average molecular weight is 181 g/mol. The summed E-state index contributed by atoms with van der Waals surface area (Å²) in [5.41, 5.74) is 6.70. The number of nitrogens with two attached hydrogens (primary N) is 1. The van der Waals surface area contributed by atoms with Crippen LogP contribution in [0.15, 0.2) is 12.3 Å². The van der Waals surface area contributed by atoms with Gasteiger partial charge in [-0.2, -0.15) is 5.10 Å². The van der Waals surface area contributed by atoms with Crippen molar-refractivity contribution in [3.05, 3.63) is 18.0 Å². The Morgan fingerprint density at radius 3 is 3.00 bits per heavy atom. The maximum absolute atomic E-state index is 8.94. The van der Waals surface area contributed by atoms with E-state index in [1.165, 1.54) is 19.3 Å². The van der Waals surface area contributed by atoms with Gasteiger partial charge in [0.25, 0.3) is 0 Å². The first-order chi connectivity index (χ1) is 6.33. The first-order valence-corrected chi connectivity index (χ1v) is 4.72. The molecular weight excluding hydrogens is 166 g/mol. The number of hydrogen-bond donors (Lipinski definition) is 2. The zero-order valence-corrected chi connectivity index (χ0v) is 7.56. The van der Waals surface area contributed by atoms with Crippen LogP contribution in [0.4, 0.5) is 0 Å². The molecule has 0 bridgehead atoms. The second-order valence-corrected chi connectivity index (χ2v) is 3.57. The fraction of sp³-hybridized carbons (Fsp3) is 0.667. The van der Waals surface area contributed by atoms with Crippen molar-refractivity contribution in [1.82, 2.24) is 9.78 Å². The summed E-state index contributed by atoms with van der Waals surface area (Å²) in [4.78, 5) is 0. The van der Waals surface area contributed by atoms with E-state index in [9.17, 15) is 0 Å². The molecule has 4 nitrogen and oxygen atoms in total. The fourth-order valence-corrected chi connectivity index (χ4v) is 1.65. The molecule has 13 heavy (non-hydrogen) atoms. The first kappa shape index (κ1) is 8.72. The third-order valence-electron chi connectivity index (χ3n) is 2.70. The van der Waals surface area contributed by atoms with Crippen molar-refractivity contribution in [3.8, 4) is 0 Å². The van der Waals surface area contributed by atoms with E-state index < -0.39 is 0 Å². The average Bonchev–Trinajstić information content (AvgIpc) is 2.49. The van der Waals surface area contributed by atoms with Gasteiger partial charge >= 0.3 is 0 Å². The molecule has 0 spiro atoms. The third kappa shape index (κ3) is 1.47. The normalized spacial score (nSPS) is 19.8. The first-order valence-electron chi connectivity index (χ1n) is 4.72. The molecule has 2 rings (SSSR count). The number of aliphatic hydroxyl groups is 1. The topological polar surface area (TPSA) is 64.1 Å². The quantitative estimate of drug-likeness (QED) is 0.717. The van der Waals surface area contributed by atoms with Gasteiger partial charge in [-0.1, -0.05) is 0 Å². The Hall–Kier alpha value is -0.870. The maximum atomic E-state index is 8.94. The van der Waals surface area contributed by atoms with Gasteiger partial charge in [0.2, 0.25) is 0 Å². The molecule has 4 heteroatoms. The van der Waals surface area contributed by atoms with E-state index >= 15 is 0 Å². The minimum atomic E-state index is -0.289. The molecule has 1 atom stereocenters. The second kappa shape index (κ2) is 3.47. The Bertz CT molecular complexity index is 261. The molecule has 0 amide bonds. The molecule has 1 unspecified atom stereocenters. The Morgan fingerprint density at radius 1 is 1.69 bits per heavy atom. The number of nitrogens with zero attached hydrogens (tertiary/aromatic N) is 2. The maximum Gasteiger partial charge on any atom is 0.0702 e. The van der Waals surface area contributed by atoms with E-state index in [4.69, 9.17) is 10.8 Å². The Labute approximate surface area is 77.4 Å². The molecule has 1 saturated carbocycles. The summed E-state index contributed by atoms with van der Waals surface area (Å²) in [6.45, 7) is -0.0155.